The topological polar surface area (TPSA) is 78.1 Å². The van der Waals surface area contributed by atoms with Crippen molar-refractivity contribution < 1.29 is 4.79 Å². The van der Waals surface area contributed by atoms with Crippen LogP contribution in [0.3, 0.4) is 0 Å². The molecule has 2 heterocycles. The Labute approximate surface area is 222 Å². The van der Waals surface area contributed by atoms with Gasteiger partial charge < -0.3 is 15.2 Å². The molecule has 0 fully saturated rings. The molecule has 0 radical (unpaired) electrons. The number of nitrogens with zero attached hydrogens (tertiary/aromatic N) is 2. The van der Waals surface area contributed by atoms with Crippen LogP contribution in [0.2, 0.25) is 0 Å². The second-order valence-electron chi connectivity index (χ2n) is 10.6. The number of nitrogens with one attached hydrogen (secondary N) is 2. The van der Waals surface area contributed by atoms with Crippen molar-refractivity contribution in [1.29, 1.82) is 0 Å². The molecule has 5 rings (SSSR count). The smallest absolute Gasteiger partial charge is 0.257 e. The van der Waals surface area contributed by atoms with Gasteiger partial charge in [-0.05, 0) is 48.9 Å². The zero-order valence-electron chi connectivity index (χ0n) is 21.9. The summed E-state index contributed by atoms with van der Waals surface area (Å²) in [6.07, 6.45) is 1.20. The fourth-order valence-corrected chi connectivity index (χ4v) is 6.30. The zero-order chi connectivity index (χ0) is 26.2. The van der Waals surface area contributed by atoms with E-state index < -0.39 is 5.92 Å². The van der Waals surface area contributed by atoms with Gasteiger partial charge in [0.05, 0.1) is 5.56 Å². The van der Waals surface area contributed by atoms with Gasteiger partial charge in [-0.3, -0.25) is 9.59 Å². The number of thioether (sulfide) groups is 1. The molecule has 0 spiro atoms. The van der Waals surface area contributed by atoms with Crippen molar-refractivity contribution in [2.75, 3.05) is 23.3 Å². The van der Waals surface area contributed by atoms with E-state index in [1.54, 1.807) is 0 Å². The molecule has 7 heteroatoms. The molecule has 2 N–H and O–H groups in total. The van der Waals surface area contributed by atoms with Gasteiger partial charge in [0.25, 0.3) is 5.56 Å². The first kappa shape index (κ1) is 25.3. The highest BCUT2D eigenvalue weighted by atomic mass is 32.2. The van der Waals surface area contributed by atoms with Gasteiger partial charge in [0, 0.05) is 48.1 Å². The maximum atomic E-state index is 13.6. The van der Waals surface area contributed by atoms with E-state index in [9.17, 15) is 9.59 Å². The maximum absolute atomic E-state index is 13.6. The SMILES string of the molecule is CCN(CC)c1ccc([C@H]2C3=C(CC(C)(C)CC3=O)Nc3nc(SCc4ccccc4)[nH]c(=O)c32)cc1. The molecule has 0 bridgehead atoms. The van der Waals surface area contributed by atoms with Crippen molar-refractivity contribution in [1.82, 2.24) is 9.97 Å². The third kappa shape index (κ3) is 5.10. The average molecular weight is 515 g/mol. The number of carbonyl (C=O) groups excluding carboxylic acids is 1. The Morgan fingerprint density at radius 2 is 1.70 bits per heavy atom. The average Bonchev–Trinajstić information content (AvgIpc) is 2.87. The molecule has 1 atom stereocenters. The van der Waals surface area contributed by atoms with Gasteiger partial charge >= 0.3 is 0 Å². The highest BCUT2D eigenvalue weighted by Gasteiger charge is 2.42. The summed E-state index contributed by atoms with van der Waals surface area (Å²) in [6, 6.07) is 18.4. The summed E-state index contributed by atoms with van der Waals surface area (Å²) < 4.78 is 0. The summed E-state index contributed by atoms with van der Waals surface area (Å²) >= 11 is 1.50. The molecule has 0 unspecified atom stereocenters. The van der Waals surface area contributed by atoms with Gasteiger partial charge in [0.15, 0.2) is 10.9 Å². The fourth-order valence-electron chi connectivity index (χ4n) is 5.49. The molecule has 192 valence electrons. The molecule has 2 aromatic carbocycles. The van der Waals surface area contributed by atoms with E-state index in [1.165, 1.54) is 11.8 Å². The molecule has 3 aromatic rings. The van der Waals surface area contributed by atoms with Crippen LogP contribution in [-0.2, 0) is 10.5 Å². The quantitative estimate of drug-likeness (QED) is 0.293. The number of rotatable bonds is 7. The van der Waals surface area contributed by atoms with Gasteiger partial charge in [-0.1, -0.05) is 68.1 Å². The zero-order valence-corrected chi connectivity index (χ0v) is 22.7. The Balaban J connectivity index is 1.57. The summed E-state index contributed by atoms with van der Waals surface area (Å²) in [5.74, 6) is 0.925. The Hall–Kier alpha value is -3.32. The number of H-pyrrole nitrogens is 1. The van der Waals surface area contributed by atoms with E-state index in [-0.39, 0.29) is 16.8 Å². The molecule has 0 saturated heterocycles. The molecule has 1 aliphatic carbocycles. The van der Waals surface area contributed by atoms with Crippen LogP contribution in [0.1, 0.15) is 63.1 Å². The summed E-state index contributed by atoms with van der Waals surface area (Å²) in [7, 11) is 0. The molecule has 1 aliphatic heterocycles. The van der Waals surface area contributed by atoms with Crippen molar-refractivity contribution in [2.24, 2.45) is 5.41 Å². The van der Waals surface area contributed by atoms with Crippen LogP contribution in [0.25, 0.3) is 0 Å². The van der Waals surface area contributed by atoms with Gasteiger partial charge in [-0.2, -0.15) is 0 Å². The van der Waals surface area contributed by atoms with Crippen LogP contribution in [-0.4, -0.2) is 28.8 Å². The number of anilines is 2. The van der Waals surface area contributed by atoms with E-state index in [0.29, 0.717) is 34.3 Å². The lowest BCUT2D eigenvalue weighted by Crippen LogP contribution is -2.37. The summed E-state index contributed by atoms with van der Waals surface area (Å²) in [4.78, 5) is 37.2. The first-order chi connectivity index (χ1) is 17.8. The molecule has 0 saturated carbocycles. The number of hydrogen-bond acceptors (Lipinski definition) is 6. The minimum atomic E-state index is -0.440. The fraction of sp³-hybridized carbons (Fsp3) is 0.367. The minimum Gasteiger partial charge on any atom is -0.372 e. The number of carbonyl (C=O) groups is 1. The molecule has 6 nitrogen and oxygen atoms in total. The van der Waals surface area contributed by atoms with Crippen LogP contribution >= 0.6 is 11.8 Å². The molecule has 1 aromatic heterocycles. The first-order valence-electron chi connectivity index (χ1n) is 13.0. The van der Waals surface area contributed by atoms with Crippen molar-refractivity contribution in [3.05, 3.63) is 92.9 Å². The predicted octanol–water partition coefficient (Wildman–Crippen LogP) is 6.11. The second kappa shape index (κ2) is 10.2. The normalized spacial score (nSPS) is 18.2. The highest BCUT2D eigenvalue weighted by Crippen LogP contribution is 2.47. The molecular weight excluding hydrogens is 480 g/mol. The maximum Gasteiger partial charge on any atom is 0.257 e. The van der Waals surface area contributed by atoms with Crippen LogP contribution in [0.5, 0.6) is 0 Å². The van der Waals surface area contributed by atoms with Gasteiger partial charge in [-0.15, -0.1) is 0 Å². The van der Waals surface area contributed by atoms with Gasteiger partial charge in [-0.25, -0.2) is 4.98 Å². The number of aromatic amines is 1. The molecular formula is C30H34N4O2S. The number of aromatic nitrogens is 2. The van der Waals surface area contributed by atoms with Gasteiger partial charge in [0.1, 0.15) is 5.82 Å². The Morgan fingerprint density at radius 3 is 2.38 bits per heavy atom. The number of benzene rings is 2. The third-order valence-corrected chi connectivity index (χ3v) is 8.22. The van der Waals surface area contributed by atoms with E-state index in [2.05, 4.69) is 79.3 Å². The number of ketones is 1. The predicted molar refractivity (Wildman–Crippen MR) is 151 cm³/mol. The van der Waals surface area contributed by atoms with Crippen molar-refractivity contribution in [2.45, 2.75) is 57.4 Å². The Kier molecular flexibility index (Phi) is 6.99. The van der Waals surface area contributed by atoms with Gasteiger partial charge in [0.2, 0.25) is 0 Å². The minimum absolute atomic E-state index is 0.101. The summed E-state index contributed by atoms with van der Waals surface area (Å²) in [5, 5.41) is 3.99. The Morgan fingerprint density at radius 1 is 1.00 bits per heavy atom. The largest absolute Gasteiger partial charge is 0.372 e. The Bertz CT molecular complexity index is 1390. The van der Waals surface area contributed by atoms with E-state index in [0.717, 1.165) is 42.0 Å². The molecule has 2 aliphatic rings. The van der Waals surface area contributed by atoms with Crippen molar-refractivity contribution in [3.63, 3.8) is 0 Å². The highest BCUT2D eigenvalue weighted by molar-refractivity contribution is 7.98. The summed E-state index contributed by atoms with van der Waals surface area (Å²) in [5.41, 5.74) is 5.01. The van der Waals surface area contributed by atoms with Crippen LogP contribution in [0.4, 0.5) is 11.5 Å². The number of Topliss-reactive ketones (excluding diaryl/α,β-unsaturated/α-hetero) is 1. The lowest BCUT2D eigenvalue weighted by molar-refractivity contribution is -0.118. The van der Waals surface area contributed by atoms with Crippen molar-refractivity contribution >= 4 is 29.1 Å². The van der Waals surface area contributed by atoms with Crippen LogP contribution < -0.4 is 15.8 Å². The standard InChI is InChI=1S/C30H34N4O2S/c1-5-34(6-2)21-14-12-20(13-15-21)24-25-22(16-30(3,4)17-23(25)35)31-27-26(24)28(36)33-29(32-27)37-18-19-10-8-7-9-11-19/h7-15,24H,5-6,16-18H2,1-4H3,(H2,31,32,33,36)/t24-/m0/s1. The monoisotopic (exact) mass is 514 g/mol. The van der Waals surface area contributed by atoms with Crippen molar-refractivity contribution in [3.8, 4) is 0 Å². The van der Waals surface area contributed by atoms with Crippen LogP contribution in [0.15, 0.2) is 75.8 Å². The molecule has 37 heavy (non-hydrogen) atoms. The second-order valence-corrected chi connectivity index (χ2v) is 11.5. The first-order valence-corrected chi connectivity index (χ1v) is 14.0. The molecule has 0 amide bonds. The van der Waals surface area contributed by atoms with E-state index in [1.807, 2.05) is 18.2 Å². The summed E-state index contributed by atoms with van der Waals surface area (Å²) in [6.45, 7) is 10.3. The number of fused-ring (bicyclic) bond motifs is 1. The number of allylic oxidation sites excluding steroid dienone is 2. The van der Waals surface area contributed by atoms with Crippen LogP contribution in [0, 0.1) is 5.41 Å². The lowest BCUT2D eigenvalue weighted by atomic mass is 9.69. The third-order valence-electron chi connectivity index (χ3n) is 7.27. The van der Waals surface area contributed by atoms with E-state index in [4.69, 9.17) is 4.98 Å². The van der Waals surface area contributed by atoms with E-state index >= 15 is 0 Å². The lowest BCUT2D eigenvalue weighted by Gasteiger charge is -2.38. The number of hydrogen-bond donors (Lipinski definition) is 2.